The molecular weight excluding hydrogens is 229 g/mol. The molecule has 1 aromatic rings. The lowest BCUT2D eigenvalue weighted by molar-refractivity contribution is 0.0341. The number of benzene rings is 1. The average molecular weight is 264 g/mol. The van der Waals surface area contributed by atoms with Gasteiger partial charge in [-0.05, 0) is 22.6 Å². The van der Waals surface area contributed by atoms with E-state index in [-0.39, 0.29) is 5.56 Å². The third-order valence-electron chi connectivity index (χ3n) is 2.16. The Morgan fingerprint density at radius 2 is 2.11 bits per heavy atom. The molecule has 2 rings (SSSR count). The first kappa shape index (κ1) is 4.57. The molecule has 3 heteroatoms. The second-order valence-electron chi connectivity index (χ2n) is 4.67. The Morgan fingerprint density at radius 1 is 1.44 bits per heavy atom. The maximum atomic E-state index is 15.0. The molecule has 1 aromatic carbocycles. The SMILES string of the molecule is [2H]c1c([2H])c(C([2H])([2H])N2C([2H])([2H])C([2H])([2H])OC([2H])([2H])C2([2H])[2H])c([2H])c(F)c1C(C)(C)C. The quantitative estimate of drug-likeness (QED) is 0.814. The van der Waals surface area contributed by atoms with E-state index < -0.39 is 72.4 Å². The van der Waals surface area contributed by atoms with Crippen molar-refractivity contribution in [3.8, 4) is 0 Å². The van der Waals surface area contributed by atoms with E-state index in [1.165, 1.54) is 20.8 Å². The van der Waals surface area contributed by atoms with E-state index in [2.05, 4.69) is 4.74 Å². The highest BCUT2D eigenvalue weighted by atomic mass is 19.1. The normalized spacial score (nSPS) is 40.6. The van der Waals surface area contributed by atoms with Crippen LogP contribution in [-0.2, 0) is 16.6 Å². The minimum absolute atomic E-state index is 0.374. The second-order valence-corrected chi connectivity index (χ2v) is 4.67. The lowest BCUT2D eigenvalue weighted by atomic mass is 9.86. The molecule has 100 valence electrons. The number of halogens is 1. The summed E-state index contributed by atoms with van der Waals surface area (Å²) in [7, 11) is 0. The van der Waals surface area contributed by atoms with Gasteiger partial charge in [0, 0.05) is 27.7 Å². The third kappa shape index (κ3) is 3.30. The lowest BCUT2D eigenvalue weighted by Crippen LogP contribution is -2.35. The van der Waals surface area contributed by atoms with Gasteiger partial charge in [-0.1, -0.05) is 32.9 Å². The molecule has 0 bridgehead atoms. The number of hydrogen-bond donors (Lipinski definition) is 0. The van der Waals surface area contributed by atoms with Crippen LogP contribution in [0.15, 0.2) is 18.1 Å². The lowest BCUT2D eigenvalue weighted by Gasteiger charge is -2.27. The Hall–Kier alpha value is -0.930. The summed E-state index contributed by atoms with van der Waals surface area (Å²) in [6, 6.07) is -3.07. The molecule has 0 spiro atoms. The Morgan fingerprint density at radius 3 is 2.72 bits per heavy atom. The fourth-order valence-corrected chi connectivity index (χ4v) is 1.31. The highest BCUT2D eigenvalue weighted by molar-refractivity contribution is 5.29. The molecule has 0 aromatic heterocycles. The third-order valence-corrected chi connectivity index (χ3v) is 2.16. The van der Waals surface area contributed by atoms with E-state index in [4.69, 9.17) is 17.8 Å². The smallest absolute Gasteiger partial charge is 0.127 e. The number of ether oxygens (including phenoxy) is 1. The number of morpholine rings is 1. The van der Waals surface area contributed by atoms with Gasteiger partial charge in [0.2, 0.25) is 0 Å². The van der Waals surface area contributed by atoms with Crippen molar-refractivity contribution in [2.75, 3.05) is 26.1 Å². The summed E-state index contributed by atoms with van der Waals surface area (Å²) in [6.07, 6.45) is 0. The fraction of sp³-hybridized carbons (Fsp3) is 0.600. The van der Waals surface area contributed by atoms with Gasteiger partial charge in [0.1, 0.15) is 5.82 Å². The number of hydrogen-bond acceptors (Lipinski definition) is 2. The molecule has 1 aliphatic rings. The van der Waals surface area contributed by atoms with Crippen LogP contribution in [-0.4, -0.2) is 31.0 Å². The maximum absolute atomic E-state index is 15.0. The Bertz CT molecular complexity index is 854. The Labute approximate surface area is 127 Å². The van der Waals surface area contributed by atoms with E-state index in [1.54, 1.807) is 0 Å². The van der Waals surface area contributed by atoms with Gasteiger partial charge in [-0.2, -0.15) is 0 Å². The van der Waals surface area contributed by atoms with Gasteiger partial charge in [0.15, 0.2) is 0 Å². The molecule has 1 aliphatic heterocycles. The molecule has 1 heterocycles. The molecule has 1 saturated heterocycles. The Kier molecular flexibility index (Phi) is 1.36. The number of nitrogens with zero attached hydrogens (tertiary/aromatic N) is 1. The molecule has 1 fully saturated rings. The topological polar surface area (TPSA) is 12.5 Å². The largest absolute Gasteiger partial charge is 0.379 e. The second kappa shape index (κ2) is 5.37. The molecule has 0 atom stereocenters. The van der Waals surface area contributed by atoms with Crippen LogP contribution in [0.2, 0.25) is 0 Å². The minimum Gasteiger partial charge on any atom is -0.379 e. The van der Waals surface area contributed by atoms with Crippen molar-refractivity contribution in [1.29, 1.82) is 0 Å². The van der Waals surface area contributed by atoms with Gasteiger partial charge in [-0.15, -0.1) is 0 Å². The fourth-order valence-electron chi connectivity index (χ4n) is 1.31. The highest BCUT2D eigenvalue weighted by Gasteiger charge is 2.19. The van der Waals surface area contributed by atoms with Crippen LogP contribution in [0.4, 0.5) is 4.39 Å². The molecule has 0 aliphatic carbocycles. The molecule has 18 heavy (non-hydrogen) atoms. The van der Waals surface area contributed by atoms with Crippen LogP contribution in [0, 0.1) is 5.82 Å². The van der Waals surface area contributed by atoms with Crippen LogP contribution in [0.3, 0.4) is 0 Å². The summed E-state index contributed by atoms with van der Waals surface area (Å²) < 4.78 is 123. The zero-order chi connectivity index (χ0) is 24.7. The monoisotopic (exact) mass is 264 g/mol. The van der Waals surface area contributed by atoms with Gasteiger partial charge in [0.05, 0.1) is 22.7 Å². The van der Waals surface area contributed by atoms with Crippen LogP contribution in [0.1, 0.15) is 49.7 Å². The van der Waals surface area contributed by atoms with Crippen molar-refractivity contribution >= 4 is 0 Å². The van der Waals surface area contributed by atoms with Crippen molar-refractivity contribution in [2.45, 2.75) is 32.7 Å². The highest BCUT2D eigenvalue weighted by Crippen LogP contribution is 2.25. The van der Waals surface area contributed by atoms with E-state index >= 15 is 4.39 Å². The van der Waals surface area contributed by atoms with Crippen molar-refractivity contribution in [3.63, 3.8) is 0 Å². The maximum Gasteiger partial charge on any atom is 0.127 e. The van der Waals surface area contributed by atoms with Gasteiger partial charge in [-0.25, -0.2) is 4.39 Å². The summed E-state index contributed by atoms with van der Waals surface area (Å²) in [5.74, 6) is -1.37. The standard InChI is InChI=1S/C15H22FNO/c1-15(2,3)13-5-4-12(10-14(13)16)11-17-6-8-18-9-7-17/h4-5,10H,6-9,11H2,1-3H3/i4D,5D,6D2,7D2,8D2,9D2,10D,11D2. The molecular formula is C15H22FNO. The average Bonchev–Trinajstić information content (AvgIpc) is 2.48. The van der Waals surface area contributed by atoms with Crippen LogP contribution in [0.5, 0.6) is 0 Å². The Balaban J connectivity index is 2.94. The van der Waals surface area contributed by atoms with Crippen molar-refractivity contribution < 1.29 is 26.9 Å². The summed E-state index contributed by atoms with van der Waals surface area (Å²) in [6.45, 7) is -13.6. The molecule has 0 N–H and O–H groups in total. The van der Waals surface area contributed by atoms with Crippen molar-refractivity contribution in [3.05, 3.63) is 35.1 Å². The van der Waals surface area contributed by atoms with E-state index in [0.717, 1.165) is 0 Å². The van der Waals surface area contributed by atoms with Crippen molar-refractivity contribution in [1.82, 2.24) is 4.90 Å². The van der Waals surface area contributed by atoms with Crippen LogP contribution >= 0.6 is 0 Å². The van der Waals surface area contributed by atoms with E-state index in [9.17, 15) is 0 Å². The first-order valence-electron chi connectivity index (χ1n) is 11.8. The molecule has 2 nitrogen and oxygen atoms in total. The van der Waals surface area contributed by atoms with Crippen LogP contribution < -0.4 is 0 Å². The summed E-state index contributed by atoms with van der Waals surface area (Å²) in [5.41, 5.74) is -2.67. The van der Waals surface area contributed by atoms with Gasteiger partial charge in [0.25, 0.3) is 0 Å². The number of rotatable bonds is 2. The summed E-state index contributed by atoms with van der Waals surface area (Å²) in [4.78, 5) is -0.475. The first-order chi connectivity index (χ1) is 13.5. The van der Waals surface area contributed by atoms with Crippen molar-refractivity contribution in [2.24, 2.45) is 0 Å². The van der Waals surface area contributed by atoms with E-state index in [1.807, 2.05) is 0 Å². The predicted molar refractivity (Wildman–Crippen MR) is 71.2 cm³/mol. The first-order valence-corrected chi connectivity index (χ1v) is 5.27. The molecule has 0 unspecified atom stereocenters. The summed E-state index contributed by atoms with van der Waals surface area (Å²) >= 11 is 0. The molecule has 0 amide bonds. The molecule has 0 saturated carbocycles. The van der Waals surface area contributed by atoms with Crippen LogP contribution in [0.25, 0.3) is 0 Å². The minimum atomic E-state index is -3.67. The zero-order valence-electron chi connectivity index (χ0n) is 23.2. The van der Waals surface area contributed by atoms with Gasteiger partial charge < -0.3 is 4.74 Å². The zero-order valence-corrected chi connectivity index (χ0v) is 10.2. The van der Waals surface area contributed by atoms with Gasteiger partial charge >= 0.3 is 0 Å². The molecule has 0 radical (unpaired) electrons. The summed E-state index contributed by atoms with van der Waals surface area (Å²) in [5, 5.41) is 0. The predicted octanol–water partition coefficient (Wildman–Crippen LogP) is 2.96. The van der Waals surface area contributed by atoms with Gasteiger partial charge in [-0.3, -0.25) is 4.90 Å². The van der Waals surface area contributed by atoms with E-state index in [0.29, 0.717) is 0 Å².